The quantitative estimate of drug-likeness (QED) is 0.605. The predicted molar refractivity (Wildman–Crippen MR) is 112 cm³/mol. The molecule has 3 rings (SSSR count). The van der Waals surface area contributed by atoms with Crippen LogP contribution in [0.25, 0.3) is 0 Å². The van der Waals surface area contributed by atoms with E-state index in [1.54, 1.807) is 13.8 Å². The topological polar surface area (TPSA) is 60.4 Å². The molecular weight excluding hydrogens is 372 g/mol. The van der Waals surface area contributed by atoms with E-state index >= 15 is 0 Å². The van der Waals surface area contributed by atoms with Crippen LogP contribution in [0.4, 0.5) is 0 Å². The zero-order valence-electron chi connectivity index (χ0n) is 17.4. The first-order valence-electron chi connectivity index (χ1n) is 10.7. The highest BCUT2D eigenvalue weighted by molar-refractivity contribution is 7.91. The maximum absolute atomic E-state index is 12.8. The average molecular weight is 407 g/mol. The molecule has 156 valence electrons. The third-order valence-corrected chi connectivity index (χ3v) is 8.72. The normalized spacial score (nSPS) is 23.0. The van der Waals surface area contributed by atoms with Crippen LogP contribution in [0.2, 0.25) is 0 Å². The molecule has 0 heterocycles. The van der Waals surface area contributed by atoms with Crippen LogP contribution in [0.5, 0.6) is 5.75 Å². The van der Waals surface area contributed by atoms with Crippen molar-refractivity contribution < 1.29 is 17.9 Å². The summed E-state index contributed by atoms with van der Waals surface area (Å²) in [6.45, 7) is 6.33. The van der Waals surface area contributed by atoms with Crippen molar-refractivity contribution in [1.29, 1.82) is 0 Å². The van der Waals surface area contributed by atoms with E-state index in [0.717, 1.165) is 55.1 Å². The van der Waals surface area contributed by atoms with E-state index in [2.05, 4.69) is 0 Å². The average Bonchev–Trinajstić information content (AvgIpc) is 3.46. The molecule has 0 radical (unpaired) electrons. The second-order valence-electron chi connectivity index (χ2n) is 9.08. The fraction of sp³-hybridized carbons (Fsp3) is 0.696. The molecule has 28 heavy (non-hydrogen) atoms. The molecule has 2 aliphatic carbocycles. The van der Waals surface area contributed by atoms with Gasteiger partial charge >= 0.3 is 0 Å². The van der Waals surface area contributed by atoms with Crippen LogP contribution in [-0.2, 0) is 21.1 Å². The van der Waals surface area contributed by atoms with Crippen LogP contribution in [0, 0.1) is 24.7 Å². The Morgan fingerprint density at radius 1 is 1.07 bits per heavy atom. The Hall–Kier alpha value is -1.36. The van der Waals surface area contributed by atoms with Crippen LogP contribution in [0.15, 0.2) is 18.2 Å². The van der Waals surface area contributed by atoms with Gasteiger partial charge in [0.15, 0.2) is 9.84 Å². The number of ketones is 1. The molecular formula is C23H34O4S. The monoisotopic (exact) mass is 406 g/mol. The first-order chi connectivity index (χ1) is 13.2. The van der Waals surface area contributed by atoms with Gasteiger partial charge < -0.3 is 4.74 Å². The summed E-state index contributed by atoms with van der Waals surface area (Å²) >= 11 is 0. The second-order valence-corrected chi connectivity index (χ2v) is 11.7. The summed E-state index contributed by atoms with van der Waals surface area (Å²) in [4.78, 5) is 12.8. The number of sulfone groups is 1. The fourth-order valence-corrected chi connectivity index (χ4v) is 5.33. The number of rotatable bonds is 9. The lowest BCUT2D eigenvalue weighted by atomic mass is 9.79. The van der Waals surface area contributed by atoms with E-state index in [1.165, 1.54) is 12.8 Å². The van der Waals surface area contributed by atoms with Crippen molar-refractivity contribution in [3.63, 3.8) is 0 Å². The van der Waals surface area contributed by atoms with Crippen molar-refractivity contribution in [1.82, 2.24) is 0 Å². The van der Waals surface area contributed by atoms with Crippen LogP contribution in [-0.4, -0.2) is 31.8 Å². The standard InChI is InChI=1S/C23H34O4S/c1-16(2)28(25,26)15-19-6-8-20(9-7-19)23(24)13-21-10-11-22(12-17(21)3)27-14-18-4-5-18/h10-12,16,18-20H,4-9,13-15H2,1-3H3. The summed E-state index contributed by atoms with van der Waals surface area (Å²) in [5.74, 6) is 2.47. The molecule has 0 aromatic heterocycles. The van der Waals surface area contributed by atoms with Gasteiger partial charge in [0, 0.05) is 12.3 Å². The molecule has 0 N–H and O–H groups in total. The third-order valence-electron chi connectivity index (χ3n) is 6.35. The fourth-order valence-electron chi connectivity index (χ4n) is 3.96. The largest absolute Gasteiger partial charge is 0.493 e. The molecule has 0 atom stereocenters. The van der Waals surface area contributed by atoms with Crippen LogP contribution >= 0.6 is 0 Å². The summed E-state index contributed by atoms with van der Waals surface area (Å²) in [7, 11) is -3.00. The van der Waals surface area contributed by atoms with Crippen molar-refractivity contribution in [3.05, 3.63) is 29.3 Å². The molecule has 2 fully saturated rings. The maximum Gasteiger partial charge on any atom is 0.152 e. The van der Waals surface area contributed by atoms with Gasteiger partial charge in [0.2, 0.25) is 0 Å². The number of ether oxygens (including phenoxy) is 1. The van der Waals surface area contributed by atoms with Crippen molar-refractivity contribution in [2.45, 2.75) is 71.0 Å². The lowest BCUT2D eigenvalue weighted by Gasteiger charge is -2.28. The van der Waals surface area contributed by atoms with Crippen LogP contribution in [0.1, 0.15) is 63.5 Å². The zero-order chi connectivity index (χ0) is 20.3. The van der Waals surface area contributed by atoms with E-state index in [0.29, 0.717) is 12.2 Å². The molecule has 1 aromatic carbocycles. The van der Waals surface area contributed by atoms with Gasteiger partial charge in [-0.25, -0.2) is 8.42 Å². The van der Waals surface area contributed by atoms with Crippen LogP contribution in [0.3, 0.4) is 0 Å². The minimum absolute atomic E-state index is 0.0724. The first kappa shape index (κ1) is 21.4. The van der Waals surface area contributed by atoms with E-state index in [4.69, 9.17) is 4.74 Å². The molecule has 0 unspecified atom stereocenters. The molecule has 1 aromatic rings. The molecule has 0 amide bonds. The number of aryl methyl sites for hydroxylation is 1. The molecule has 0 bridgehead atoms. The SMILES string of the molecule is Cc1cc(OCC2CC2)ccc1CC(=O)C1CCC(CS(=O)(=O)C(C)C)CC1. The number of hydrogen-bond donors (Lipinski definition) is 0. The predicted octanol–water partition coefficient (Wildman–Crippen LogP) is 4.53. The van der Waals surface area contributed by atoms with Gasteiger partial charge in [-0.05, 0) is 94.4 Å². The van der Waals surface area contributed by atoms with E-state index in [1.807, 2.05) is 25.1 Å². The summed E-state index contributed by atoms with van der Waals surface area (Å²) < 4.78 is 30.1. The molecule has 5 heteroatoms. The number of Topliss-reactive ketones (excluding diaryl/α,β-unsaturated/α-hetero) is 1. The van der Waals surface area contributed by atoms with Crippen molar-refractivity contribution in [2.75, 3.05) is 12.4 Å². The molecule has 2 saturated carbocycles. The zero-order valence-corrected chi connectivity index (χ0v) is 18.3. The molecule has 0 saturated heterocycles. The Morgan fingerprint density at radius 3 is 2.29 bits per heavy atom. The Morgan fingerprint density at radius 2 is 1.71 bits per heavy atom. The van der Waals surface area contributed by atoms with Gasteiger partial charge in [-0.15, -0.1) is 0 Å². The van der Waals surface area contributed by atoms with Crippen molar-refractivity contribution in [3.8, 4) is 5.75 Å². The van der Waals surface area contributed by atoms with E-state index < -0.39 is 9.84 Å². The smallest absolute Gasteiger partial charge is 0.152 e. The minimum Gasteiger partial charge on any atom is -0.493 e. The minimum atomic E-state index is -3.00. The Bertz CT molecular complexity index is 785. The second kappa shape index (κ2) is 8.98. The van der Waals surface area contributed by atoms with Gasteiger partial charge in [0.25, 0.3) is 0 Å². The number of carbonyl (C=O) groups is 1. The van der Waals surface area contributed by atoms with E-state index in [9.17, 15) is 13.2 Å². The Balaban J connectivity index is 1.48. The number of benzene rings is 1. The molecule has 4 nitrogen and oxygen atoms in total. The van der Waals surface area contributed by atoms with Crippen molar-refractivity contribution >= 4 is 15.6 Å². The highest BCUT2D eigenvalue weighted by Crippen LogP contribution is 2.32. The number of hydrogen-bond acceptors (Lipinski definition) is 4. The molecule has 2 aliphatic rings. The molecule has 0 spiro atoms. The first-order valence-corrected chi connectivity index (χ1v) is 12.4. The lowest BCUT2D eigenvalue weighted by Crippen LogP contribution is -2.29. The van der Waals surface area contributed by atoms with Gasteiger partial charge in [-0.1, -0.05) is 6.07 Å². The third kappa shape index (κ3) is 5.82. The summed E-state index contributed by atoms with van der Waals surface area (Å²) in [6, 6.07) is 6.04. The van der Waals surface area contributed by atoms with Crippen LogP contribution < -0.4 is 4.74 Å². The highest BCUT2D eigenvalue weighted by atomic mass is 32.2. The molecule has 0 aliphatic heterocycles. The Labute approximate surface area is 170 Å². The van der Waals surface area contributed by atoms with Gasteiger partial charge in [-0.2, -0.15) is 0 Å². The summed E-state index contributed by atoms with van der Waals surface area (Å²) in [5.41, 5.74) is 2.19. The lowest BCUT2D eigenvalue weighted by molar-refractivity contribution is -0.123. The van der Waals surface area contributed by atoms with Crippen molar-refractivity contribution in [2.24, 2.45) is 17.8 Å². The number of carbonyl (C=O) groups excluding carboxylic acids is 1. The Kier molecular flexibility index (Phi) is 6.85. The summed E-state index contributed by atoms with van der Waals surface area (Å²) in [6.07, 6.45) is 6.34. The van der Waals surface area contributed by atoms with E-state index in [-0.39, 0.29) is 22.8 Å². The summed E-state index contributed by atoms with van der Waals surface area (Å²) in [5, 5.41) is -0.314. The van der Waals surface area contributed by atoms with Gasteiger partial charge in [-0.3, -0.25) is 4.79 Å². The van der Waals surface area contributed by atoms with Gasteiger partial charge in [0.05, 0.1) is 17.6 Å². The van der Waals surface area contributed by atoms with Gasteiger partial charge in [0.1, 0.15) is 11.5 Å². The highest BCUT2D eigenvalue weighted by Gasteiger charge is 2.30. The maximum atomic E-state index is 12.8.